The van der Waals surface area contributed by atoms with Crippen molar-refractivity contribution in [1.29, 1.82) is 0 Å². The van der Waals surface area contributed by atoms with Gasteiger partial charge in [0.1, 0.15) is 5.82 Å². The van der Waals surface area contributed by atoms with Crippen LogP contribution in [0.5, 0.6) is 0 Å². The molecule has 0 aromatic heterocycles. The van der Waals surface area contributed by atoms with Crippen LogP contribution in [0.15, 0.2) is 53.0 Å². The molecule has 29 heavy (non-hydrogen) atoms. The number of anilines is 1. The first kappa shape index (κ1) is 23.3. The molecule has 6 nitrogen and oxygen atoms in total. The van der Waals surface area contributed by atoms with Gasteiger partial charge in [0.05, 0.1) is 25.2 Å². The summed E-state index contributed by atoms with van der Waals surface area (Å²) in [6.45, 7) is 1.22. The minimum absolute atomic E-state index is 0.00924. The fourth-order valence-electron chi connectivity index (χ4n) is 2.65. The highest BCUT2D eigenvalue weighted by Crippen LogP contribution is 2.25. The van der Waals surface area contributed by atoms with Crippen LogP contribution in [0.1, 0.15) is 18.4 Å². The molecule has 0 radical (unpaired) electrons. The van der Waals surface area contributed by atoms with E-state index in [0.717, 1.165) is 16.1 Å². The third kappa shape index (κ3) is 8.12. The fourth-order valence-corrected chi connectivity index (χ4v) is 3.95. The normalized spacial score (nSPS) is 11.3. The second-order valence-corrected chi connectivity index (χ2v) is 9.25. The minimum atomic E-state index is -3.68. The molecule has 0 heterocycles. The molecule has 0 saturated carbocycles. The molecule has 0 spiro atoms. The first-order chi connectivity index (χ1) is 13.8. The highest BCUT2D eigenvalue weighted by atomic mass is 79.9. The summed E-state index contributed by atoms with van der Waals surface area (Å²) in [4.78, 5) is 11.9. The summed E-state index contributed by atoms with van der Waals surface area (Å²) in [5.74, 6) is -0.858. The predicted octanol–water partition coefficient (Wildman–Crippen LogP) is 3.47. The molecular weight excluding hydrogens is 463 g/mol. The van der Waals surface area contributed by atoms with Gasteiger partial charge >= 0.3 is 0 Å². The molecule has 0 fully saturated rings. The molecule has 0 atom stereocenters. The zero-order valence-corrected chi connectivity index (χ0v) is 18.5. The number of sulfonamides is 1. The highest BCUT2D eigenvalue weighted by molar-refractivity contribution is 9.10. The van der Waals surface area contributed by atoms with Gasteiger partial charge in [-0.1, -0.05) is 46.3 Å². The van der Waals surface area contributed by atoms with Crippen molar-refractivity contribution in [3.8, 4) is 0 Å². The van der Waals surface area contributed by atoms with E-state index in [1.807, 2.05) is 30.3 Å². The first-order valence-corrected chi connectivity index (χ1v) is 11.7. The van der Waals surface area contributed by atoms with Crippen LogP contribution in [0.25, 0.3) is 0 Å². The van der Waals surface area contributed by atoms with Crippen molar-refractivity contribution in [2.75, 3.05) is 30.3 Å². The zero-order valence-electron chi connectivity index (χ0n) is 16.1. The summed E-state index contributed by atoms with van der Waals surface area (Å²) in [6.07, 6.45) is 1.40. The van der Waals surface area contributed by atoms with Crippen LogP contribution in [0, 0.1) is 5.82 Å². The molecule has 2 aromatic rings. The number of nitrogens with one attached hydrogen (secondary N) is 1. The fraction of sp³-hybridized carbons (Fsp3) is 0.350. The third-order valence-corrected chi connectivity index (χ3v) is 5.70. The molecule has 9 heteroatoms. The number of benzene rings is 2. The van der Waals surface area contributed by atoms with E-state index in [0.29, 0.717) is 24.2 Å². The Bertz CT molecular complexity index is 910. The largest absolute Gasteiger partial charge is 0.375 e. The number of hydrogen-bond donors (Lipinski definition) is 1. The van der Waals surface area contributed by atoms with Gasteiger partial charge in [0.25, 0.3) is 0 Å². The third-order valence-electron chi connectivity index (χ3n) is 4.02. The average molecular weight is 487 g/mol. The standard InChI is InChI=1S/C20H24BrFN2O4S/c1-29(26,27)24(19-10-9-17(21)14-18(19)22)12-5-8-20(25)23-11-13-28-15-16-6-3-2-4-7-16/h2-4,6-7,9-10,14H,5,8,11-13,15H2,1H3,(H,23,25). The highest BCUT2D eigenvalue weighted by Gasteiger charge is 2.21. The van der Waals surface area contributed by atoms with Crippen LogP contribution in [0.4, 0.5) is 10.1 Å². The van der Waals surface area contributed by atoms with Crippen LogP contribution in [-0.2, 0) is 26.2 Å². The summed E-state index contributed by atoms with van der Waals surface area (Å²) in [6, 6.07) is 13.9. The summed E-state index contributed by atoms with van der Waals surface area (Å²) in [5.41, 5.74) is 1.02. The number of carbonyl (C=O) groups excluding carboxylic acids is 1. The van der Waals surface area contributed by atoms with Gasteiger partial charge < -0.3 is 10.1 Å². The predicted molar refractivity (Wildman–Crippen MR) is 115 cm³/mol. The topological polar surface area (TPSA) is 75.7 Å². The van der Waals surface area contributed by atoms with Crippen molar-refractivity contribution >= 4 is 37.5 Å². The number of amides is 1. The summed E-state index contributed by atoms with van der Waals surface area (Å²) in [5, 5.41) is 2.73. The lowest BCUT2D eigenvalue weighted by atomic mass is 10.2. The van der Waals surface area contributed by atoms with Crippen molar-refractivity contribution < 1.29 is 22.3 Å². The number of nitrogens with zero attached hydrogens (tertiary/aromatic N) is 1. The van der Waals surface area contributed by atoms with Gasteiger partial charge in [-0.3, -0.25) is 9.10 Å². The molecule has 0 aliphatic rings. The second kappa shape index (κ2) is 11.3. The quantitative estimate of drug-likeness (QED) is 0.493. The van der Waals surface area contributed by atoms with E-state index in [9.17, 15) is 17.6 Å². The molecule has 158 valence electrons. The van der Waals surface area contributed by atoms with Crippen molar-refractivity contribution in [3.05, 3.63) is 64.4 Å². The zero-order chi connectivity index (χ0) is 21.3. The van der Waals surface area contributed by atoms with Gasteiger partial charge in [-0.05, 0) is 30.2 Å². The molecule has 0 aliphatic carbocycles. The van der Waals surface area contributed by atoms with Gasteiger partial charge in [-0.15, -0.1) is 0 Å². The number of hydrogen-bond acceptors (Lipinski definition) is 4. The molecule has 2 rings (SSSR count). The molecule has 0 unspecified atom stereocenters. The molecule has 2 aromatic carbocycles. The Morgan fingerprint density at radius 3 is 2.59 bits per heavy atom. The number of rotatable bonds is 11. The Morgan fingerprint density at radius 1 is 1.21 bits per heavy atom. The van der Waals surface area contributed by atoms with Gasteiger partial charge in [0, 0.05) is 24.0 Å². The van der Waals surface area contributed by atoms with Gasteiger partial charge in [0.15, 0.2) is 0 Å². The smallest absolute Gasteiger partial charge is 0.232 e. The van der Waals surface area contributed by atoms with Gasteiger partial charge in [-0.2, -0.15) is 0 Å². The van der Waals surface area contributed by atoms with Crippen LogP contribution in [0.3, 0.4) is 0 Å². The van der Waals surface area contributed by atoms with Crippen molar-refractivity contribution in [2.24, 2.45) is 0 Å². The van der Waals surface area contributed by atoms with Crippen molar-refractivity contribution in [3.63, 3.8) is 0 Å². The lowest BCUT2D eigenvalue weighted by Crippen LogP contribution is -2.33. The number of halogens is 2. The SMILES string of the molecule is CS(=O)(=O)N(CCCC(=O)NCCOCc1ccccc1)c1ccc(Br)cc1F. The Morgan fingerprint density at radius 2 is 1.93 bits per heavy atom. The van der Waals surface area contributed by atoms with E-state index < -0.39 is 15.8 Å². The maximum Gasteiger partial charge on any atom is 0.232 e. The maximum atomic E-state index is 14.1. The van der Waals surface area contributed by atoms with Gasteiger partial charge in [0.2, 0.25) is 15.9 Å². The monoisotopic (exact) mass is 486 g/mol. The van der Waals surface area contributed by atoms with Crippen molar-refractivity contribution in [1.82, 2.24) is 5.32 Å². The molecular formula is C20H24BrFN2O4S. The molecule has 0 saturated heterocycles. The van der Waals surface area contributed by atoms with E-state index in [1.165, 1.54) is 12.1 Å². The molecule has 1 N–H and O–H groups in total. The summed E-state index contributed by atoms with van der Waals surface area (Å²) in [7, 11) is -3.68. The number of ether oxygens (including phenoxy) is 1. The lowest BCUT2D eigenvalue weighted by Gasteiger charge is -2.23. The maximum absolute atomic E-state index is 14.1. The van der Waals surface area contributed by atoms with E-state index in [1.54, 1.807) is 6.07 Å². The van der Waals surface area contributed by atoms with E-state index in [4.69, 9.17) is 4.74 Å². The van der Waals surface area contributed by atoms with Crippen LogP contribution in [-0.4, -0.2) is 40.3 Å². The average Bonchev–Trinajstić information content (AvgIpc) is 2.66. The van der Waals surface area contributed by atoms with Crippen LogP contribution >= 0.6 is 15.9 Å². The second-order valence-electron chi connectivity index (χ2n) is 6.42. The minimum Gasteiger partial charge on any atom is -0.375 e. The van der Waals surface area contributed by atoms with Crippen molar-refractivity contribution in [2.45, 2.75) is 19.4 Å². The lowest BCUT2D eigenvalue weighted by molar-refractivity contribution is -0.121. The molecule has 0 aliphatic heterocycles. The summed E-state index contributed by atoms with van der Waals surface area (Å²) >= 11 is 3.14. The Hall–Kier alpha value is -1.97. The Balaban J connectivity index is 1.74. The first-order valence-electron chi connectivity index (χ1n) is 9.08. The van der Waals surface area contributed by atoms with E-state index in [-0.39, 0.29) is 31.0 Å². The van der Waals surface area contributed by atoms with Crippen LogP contribution < -0.4 is 9.62 Å². The van der Waals surface area contributed by atoms with E-state index >= 15 is 0 Å². The van der Waals surface area contributed by atoms with Crippen LogP contribution in [0.2, 0.25) is 0 Å². The van der Waals surface area contributed by atoms with Gasteiger partial charge in [-0.25, -0.2) is 12.8 Å². The Labute approximate surface area is 179 Å². The summed E-state index contributed by atoms with van der Waals surface area (Å²) < 4.78 is 45.2. The number of carbonyl (C=O) groups is 1. The molecule has 0 bridgehead atoms. The Kier molecular flexibility index (Phi) is 9.06. The molecule has 1 amide bonds. The van der Waals surface area contributed by atoms with E-state index in [2.05, 4.69) is 21.2 Å².